The SMILES string of the molecule is C[Si](C)Cn1ccnc1. The molecule has 2 nitrogen and oxygen atoms in total. The fourth-order valence-electron chi connectivity index (χ4n) is 0.745. The van der Waals surface area contributed by atoms with Crippen LogP contribution in [0.2, 0.25) is 13.1 Å². The van der Waals surface area contributed by atoms with Crippen LogP contribution in [0.5, 0.6) is 0 Å². The Morgan fingerprint density at radius 2 is 2.33 bits per heavy atom. The van der Waals surface area contributed by atoms with Crippen molar-refractivity contribution in [3.05, 3.63) is 18.7 Å². The standard InChI is InChI=1S/C6H11N2Si/c1-9(2)6-8-4-3-7-5-8/h3-5H,6H2,1-2H3. The summed E-state index contributed by atoms with van der Waals surface area (Å²) >= 11 is 0. The first-order valence-electron chi connectivity index (χ1n) is 3.04. The van der Waals surface area contributed by atoms with Crippen molar-refractivity contribution < 1.29 is 0 Å². The summed E-state index contributed by atoms with van der Waals surface area (Å²) in [4.78, 5) is 3.95. The molecule has 0 N–H and O–H groups in total. The molecule has 1 rings (SSSR count). The summed E-state index contributed by atoms with van der Waals surface area (Å²) in [7, 11) is -0.134. The number of rotatable bonds is 2. The van der Waals surface area contributed by atoms with Crippen molar-refractivity contribution in [2.75, 3.05) is 0 Å². The van der Waals surface area contributed by atoms with E-state index in [9.17, 15) is 0 Å². The lowest BCUT2D eigenvalue weighted by Gasteiger charge is -2.01. The molecule has 0 amide bonds. The van der Waals surface area contributed by atoms with Crippen molar-refractivity contribution in [2.45, 2.75) is 19.3 Å². The van der Waals surface area contributed by atoms with Gasteiger partial charge in [0.05, 0.1) is 15.1 Å². The second kappa shape index (κ2) is 2.82. The monoisotopic (exact) mass is 139 g/mol. The van der Waals surface area contributed by atoms with Crippen LogP contribution in [0.3, 0.4) is 0 Å². The van der Waals surface area contributed by atoms with E-state index in [2.05, 4.69) is 22.6 Å². The summed E-state index contributed by atoms with van der Waals surface area (Å²) < 4.78 is 2.13. The van der Waals surface area contributed by atoms with Gasteiger partial charge in [-0.25, -0.2) is 4.98 Å². The third-order valence-corrected chi connectivity index (χ3v) is 2.06. The summed E-state index contributed by atoms with van der Waals surface area (Å²) in [5.41, 5.74) is 0. The van der Waals surface area contributed by atoms with Gasteiger partial charge in [0.1, 0.15) is 0 Å². The van der Waals surface area contributed by atoms with Crippen LogP contribution in [0.1, 0.15) is 0 Å². The van der Waals surface area contributed by atoms with E-state index in [1.165, 1.54) is 6.17 Å². The van der Waals surface area contributed by atoms with Gasteiger partial charge in [-0.1, -0.05) is 13.1 Å². The Bertz CT molecular complexity index is 158. The van der Waals surface area contributed by atoms with E-state index in [1.807, 2.05) is 18.7 Å². The highest BCUT2D eigenvalue weighted by Gasteiger charge is 1.94. The molecule has 3 heteroatoms. The van der Waals surface area contributed by atoms with Crippen LogP contribution in [0, 0.1) is 0 Å². The summed E-state index contributed by atoms with van der Waals surface area (Å²) in [6, 6.07) is 0. The minimum absolute atomic E-state index is 0.134. The molecule has 0 fully saturated rings. The second-order valence-corrected chi connectivity index (χ2v) is 5.17. The van der Waals surface area contributed by atoms with Gasteiger partial charge in [-0.15, -0.1) is 0 Å². The van der Waals surface area contributed by atoms with E-state index in [0.717, 1.165) is 0 Å². The zero-order valence-corrected chi connectivity index (χ0v) is 6.83. The van der Waals surface area contributed by atoms with Gasteiger partial charge in [-0.2, -0.15) is 0 Å². The molecular weight excluding hydrogens is 128 g/mol. The maximum Gasteiger partial charge on any atom is 0.0942 e. The summed E-state index contributed by atoms with van der Waals surface area (Å²) in [5, 5.41) is 0. The van der Waals surface area contributed by atoms with E-state index >= 15 is 0 Å². The highest BCUT2D eigenvalue weighted by molar-refractivity contribution is 6.54. The van der Waals surface area contributed by atoms with E-state index in [0.29, 0.717) is 0 Å². The first kappa shape index (κ1) is 6.55. The van der Waals surface area contributed by atoms with Crippen molar-refractivity contribution in [3.8, 4) is 0 Å². The minimum Gasteiger partial charge on any atom is -0.341 e. The lowest BCUT2D eigenvalue weighted by molar-refractivity contribution is 0.863. The molecule has 0 aliphatic carbocycles. The Balaban J connectivity index is 2.48. The van der Waals surface area contributed by atoms with Crippen LogP contribution in [0.25, 0.3) is 0 Å². The van der Waals surface area contributed by atoms with Gasteiger partial charge in [-0.3, -0.25) is 0 Å². The molecule has 9 heavy (non-hydrogen) atoms. The molecule has 0 aliphatic heterocycles. The zero-order valence-electron chi connectivity index (χ0n) is 5.83. The van der Waals surface area contributed by atoms with E-state index in [1.54, 1.807) is 0 Å². The van der Waals surface area contributed by atoms with Crippen molar-refractivity contribution >= 4 is 8.80 Å². The predicted octanol–water partition coefficient (Wildman–Crippen LogP) is 1.18. The first-order chi connectivity index (χ1) is 4.29. The fraction of sp³-hybridized carbons (Fsp3) is 0.500. The average Bonchev–Trinajstić information content (AvgIpc) is 2.15. The van der Waals surface area contributed by atoms with Crippen molar-refractivity contribution in [3.63, 3.8) is 0 Å². The number of nitrogens with zero attached hydrogens (tertiary/aromatic N) is 2. The molecule has 0 aromatic carbocycles. The van der Waals surface area contributed by atoms with E-state index < -0.39 is 0 Å². The molecule has 0 spiro atoms. The quantitative estimate of drug-likeness (QED) is 0.562. The number of imidazole rings is 1. The molecule has 1 aromatic rings. The number of aromatic nitrogens is 2. The van der Waals surface area contributed by atoms with Gasteiger partial charge in [0.2, 0.25) is 0 Å². The lowest BCUT2D eigenvalue weighted by Crippen LogP contribution is -2.10. The third kappa shape index (κ3) is 2.01. The van der Waals surface area contributed by atoms with Crippen molar-refractivity contribution in [1.29, 1.82) is 0 Å². The molecule has 0 aliphatic rings. The van der Waals surface area contributed by atoms with Crippen LogP contribution in [-0.2, 0) is 6.17 Å². The maximum absolute atomic E-state index is 3.95. The molecule has 0 unspecified atom stereocenters. The maximum atomic E-state index is 3.95. The van der Waals surface area contributed by atoms with Gasteiger partial charge in [0.25, 0.3) is 0 Å². The van der Waals surface area contributed by atoms with Crippen LogP contribution >= 0.6 is 0 Å². The Morgan fingerprint density at radius 1 is 1.56 bits per heavy atom. The van der Waals surface area contributed by atoms with Crippen molar-refractivity contribution in [1.82, 2.24) is 9.55 Å². The average molecular weight is 139 g/mol. The Labute approximate surface area is 57.1 Å². The molecule has 0 saturated heterocycles. The first-order valence-corrected chi connectivity index (χ1v) is 5.74. The minimum atomic E-state index is -0.134. The topological polar surface area (TPSA) is 17.8 Å². The van der Waals surface area contributed by atoms with Crippen LogP contribution in [0.4, 0.5) is 0 Å². The molecular formula is C6H11N2Si. The lowest BCUT2D eigenvalue weighted by atomic mass is 10.9. The fourth-order valence-corrected chi connectivity index (χ4v) is 1.66. The second-order valence-electron chi connectivity index (χ2n) is 2.44. The normalized spacial score (nSPS) is 10.6. The predicted molar refractivity (Wildman–Crippen MR) is 39.7 cm³/mol. The Hall–Kier alpha value is -0.573. The third-order valence-electron chi connectivity index (χ3n) is 1.06. The van der Waals surface area contributed by atoms with E-state index in [4.69, 9.17) is 0 Å². The van der Waals surface area contributed by atoms with Gasteiger partial charge in [-0.05, 0) is 0 Å². The van der Waals surface area contributed by atoms with Crippen LogP contribution in [-0.4, -0.2) is 18.3 Å². The van der Waals surface area contributed by atoms with Crippen LogP contribution in [0.15, 0.2) is 18.7 Å². The highest BCUT2D eigenvalue weighted by atomic mass is 28.3. The Kier molecular flexibility index (Phi) is 2.05. The van der Waals surface area contributed by atoms with Crippen molar-refractivity contribution in [2.24, 2.45) is 0 Å². The molecule has 1 radical (unpaired) electrons. The number of hydrogen-bond donors (Lipinski definition) is 0. The molecule has 1 aromatic heterocycles. The number of hydrogen-bond acceptors (Lipinski definition) is 1. The molecule has 1 heterocycles. The summed E-state index contributed by atoms with van der Waals surface area (Å²) in [6.07, 6.45) is 6.88. The molecule has 0 saturated carbocycles. The van der Waals surface area contributed by atoms with Crippen LogP contribution < -0.4 is 0 Å². The molecule has 0 bridgehead atoms. The zero-order chi connectivity index (χ0) is 6.69. The highest BCUT2D eigenvalue weighted by Crippen LogP contribution is 1.88. The Morgan fingerprint density at radius 3 is 2.78 bits per heavy atom. The van der Waals surface area contributed by atoms with Gasteiger partial charge in [0.15, 0.2) is 0 Å². The van der Waals surface area contributed by atoms with Gasteiger partial charge in [0, 0.05) is 18.6 Å². The van der Waals surface area contributed by atoms with E-state index in [-0.39, 0.29) is 8.80 Å². The smallest absolute Gasteiger partial charge is 0.0942 e. The van der Waals surface area contributed by atoms with Gasteiger partial charge < -0.3 is 4.57 Å². The summed E-state index contributed by atoms with van der Waals surface area (Å²) in [5.74, 6) is 0. The summed E-state index contributed by atoms with van der Waals surface area (Å²) in [6.45, 7) is 4.59. The largest absolute Gasteiger partial charge is 0.341 e. The molecule has 0 atom stereocenters. The van der Waals surface area contributed by atoms with Gasteiger partial charge >= 0.3 is 0 Å². The molecule has 49 valence electrons.